The fourth-order valence-corrected chi connectivity index (χ4v) is 2.96. The average Bonchev–Trinajstić information content (AvgIpc) is 2.91. The zero-order valence-electron chi connectivity index (χ0n) is 11.7. The van der Waals surface area contributed by atoms with Crippen molar-refractivity contribution in [2.24, 2.45) is 0 Å². The molecule has 0 spiro atoms. The van der Waals surface area contributed by atoms with Gasteiger partial charge in [-0.25, -0.2) is 4.98 Å². The molecular weight excluding hydrogens is 318 g/mol. The van der Waals surface area contributed by atoms with E-state index in [4.69, 9.17) is 5.11 Å². The number of aromatic nitrogens is 2. The van der Waals surface area contributed by atoms with E-state index in [9.17, 15) is 14.9 Å². The van der Waals surface area contributed by atoms with Gasteiger partial charge >= 0.3 is 5.97 Å². The summed E-state index contributed by atoms with van der Waals surface area (Å²) < 4.78 is 1.80. The summed E-state index contributed by atoms with van der Waals surface area (Å²) in [7, 11) is 0. The fourth-order valence-electron chi connectivity index (χ4n) is 2.21. The number of hydrogen-bond donors (Lipinski definition) is 1. The van der Waals surface area contributed by atoms with Crippen LogP contribution >= 0.6 is 11.8 Å². The van der Waals surface area contributed by atoms with Crippen LogP contribution < -0.4 is 0 Å². The summed E-state index contributed by atoms with van der Waals surface area (Å²) in [6, 6.07) is 13.8. The molecule has 0 saturated carbocycles. The number of aliphatic carboxylic acids is 1. The third-order valence-corrected chi connectivity index (χ3v) is 4.08. The molecular formula is C15H11N3O4S. The van der Waals surface area contributed by atoms with E-state index in [2.05, 4.69) is 4.98 Å². The molecule has 23 heavy (non-hydrogen) atoms. The Morgan fingerprint density at radius 3 is 2.65 bits per heavy atom. The summed E-state index contributed by atoms with van der Waals surface area (Å²) in [5.41, 5.74) is 1.91. The maximum Gasteiger partial charge on any atom is 0.313 e. The highest BCUT2D eigenvalue weighted by atomic mass is 32.2. The second-order valence-corrected chi connectivity index (χ2v) is 5.62. The highest BCUT2D eigenvalue weighted by molar-refractivity contribution is 7.99. The molecule has 0 aliphatic heterocycles. The van der Waals surface area contributed by atoms with Gasteiger partial charge in [-0.15, -0.1) is 0 Å². The van der Waals surface area contributed by atoms with Crippen molar-refractivity contribution in [1.82, 2.24) is 9.55 Å². The molecule has 0 radical (unpaired) electrons. The first-order valence-electron chi connectivity index (χ1n) is 6.63. The number of non-ortho nitro benzene ring substituents is 1. The van der Waals surface area contributed by atoms with Gasteiger partial charge < -0.3 is 5.11 Å². The van der Waals surface area contributed by atoms with Crippen LogP contribution in [0.5, 0.6) is 0 Å². The van der Waals surface area contributed by atoms with Gasteiger partial charge in [0.25, 0.3) is 5.69 Å². The molecule has 1 N–H and O–H groups in total. The first kappa shape index (κ1) is 15.0. The van der Waals surface area contributed by atoms with Crippen LogP contribution in [0.1, 0.15) is 0 Å². The minimum absolute atomic E-state index is 0.0509. The molecule has 0 unspecified atom stereocenters. The number of nitro benzene ring substituents is 1. The number of carboxylic acids is 1. The molecule has 0 bridgehead atoms. The highest BCUT2D eigenvalue weighted by Crippen LogP contribution is 2.29. The number of carbonyl (C=O) groups is 1. The van der Waals surface area contributed by atoms with E-state index in [0.717, 1.165) is 17.4 Å². The minimum atomic E-state index is -0.951. The normalized spacial score (nSPS) is 10.8. The molecule has 0 fully saturated rings. The van der Waals surface area contributed by atoms with Crippen molar-refractivity contribution < 1.29 is 14.8 Å². The lowest BCUT2D eigenvalue weighted by Gasteiger charge is -2.07. The number of benzene rings is 2. The Bertz CT molecular complexity index is 892. The molecule has 0 atom stereocenters. The molecule has 0 amide bonds. The molecule has 116 valence electrons. The molecule has 1 heterocycles. The van der Waals surface area contributed by atoms with Crippen molar-refractivity contribution in [2.45, 2.75) is 5.16 Å². The van der Waals surface area contributed by atoms with E-state index in [1.54, 1.807) is 10.6 Å². The quantitative estimate of drug-likeness (QED) is 0.439. The summed E-state index contributed by atoms with van der Waals surface area (Å²) in [6.45, 7) is 0. The molecule has 0 aliphatic rings. The Hall–Kier alpha value is -2.87. The lowest BCUT2D eigenvalue weighted by Crippen LogP contribution is -2.01. The van der Waals surface area contributed by atoms with Crippen molar-refractivity contribution in [3.63, 3.8) is 0 Å². The lowest BCUT2D eigenvalue weighted by atomic mass is 10.2. The van der Waals surface area contributed by atoms with E-state index >= 15 is 0 Å². The molecule has 8 heteroatoms. The monoisotopic (exact) mass is 329 g/mol. The topological polar surface area (TPSA) is 98.3 Å². The van der Waals surface area contributed by atoms with Crippen molar-refractivity contribution in [3.8, 4) is 5.69 Å². The first-order valence-corrected chi connectivity index (χ1v) is 7.62. The van der Waals surface area contributed by atoms with E-state index in [1.165, 1.54) is 12.1 Å². The Morgan fingerprint density at radius 1 is 1.26 bits per heavy atom. The molecule has 0 aliphatic carbocycles. The van der Waals surface area contributed by atoms with Crippen LogP contribution in [0.2, 0.25) is 0 Å². The van der Waals surface area contributed by atoms with E-state index in [1.807, 2.05) is 30.3 Å². The SMILES string of the molecule is O=C(O)CSc1nc2cc([N+](=O)[O-])ccc2n1-c1ccccc1. The van der Waals surface area contributed by atoms with Gasteiger partial charge in [-0.05, 0) is 18.2 Å². The standard InChI is InChI=1S/C15H11N3O4S/c19-14(20)9-23-15-16-12-8-11(18(21)22)6-7-13(12)17(15)10-4-2-1-3-5-10/h1-8H,9H2,(H,19,20). The number of fused-ring (bicyclic) bond motifs is 1. The van der Waals surface area contributed by atoms with E-state index in [-0.39, 0.29) is 11.4 Å². The third kappa shape index (κ3) is 3.02. The Kier molecular flexibility index (Phi) is 3.98. The minimum Gasteiger partial charge on any atom is -0.481 e. The molecule has 3 rings (SSSR count). The fraction of sp³-hybridized carbons (Fsp3) is 0.0667. The van der Waals surface area contributed by atoms with Gasteiger partial charge in [0.1, 0.15) is 0 Å². The van der Waals surface area contributed by atoms with Gasteiger partial charge in [-0.1, -0.05) is 30.0 Å². The van der Waals surface area contributed by atoms with Crippen LogP contribution in [-0.4, -0.2) is 31.3 Å². The predicted octanol–water partition coefficient (Wildman–Crippen LogP) is 3.11. The number of imidazole rings is 1. The molecule has 3 aromatic rings. The number of rotatable bonds is 5. The third-order valence-electron chi connectivity index (χ3n) is 3.16. The second-order valence-electron chi connectivity index (χ2n) is 4.68. The number of carboxylic acid groups (broad SMARTS) is 1. The maximum atomic E-state index is 10.9. The molecule has 1 aromatic heterocycles. The Labute approximate surface area is 134 Å². The van der Waals surface area contributed by atoms with Crippen molar-refractivity contribution >= 4 is 34.5 Å². The molecule has 2 aromatic carbocycles. The van der Waals surface area contributed by atoms with Crippen molar-refractivity contribution in [1.29, 1.82) is 0 Å². The number of thioether (sulfide) groups is 1. The predicted molar refractivity (Wildman–Crippen MR) is 86.1 cm³/mol. The van der Waals surface area contributed by atoms with Crippen LogP contribution in [-0.2, 0) is 4.79 Å². The summed E-state index contributed by atoms with van der Waals surface area (Å²) in [5, 5.41) is 20.3. The van der Waals surface area contributed by atoms with Crippen LogP contribution in [0.3, 0.4) is 0 Å². The smallest absolute Gasteiger partial charge is 0.313 e. The number of nitrogens with zero attached hydrogens (tertiary/aromatic N) is 3. The Morgan fingerprint density at radius 2 is 2.00 bits per heavy atom. The van der Waals surface area contributed by atoms with Gasteiger partial charge in [-0.3, -0.25) is 19.5 Å². The molecule has 7 nitrogen and oxygen atoms in total. The number of nitro groups is 1. The van der Waals surface area contributed by atoms with Crippen LogP contribution in [0.4, 0.5) is 5.69 Å². The zero-order chi connectivity index (χ0) is 16.4. The first-order chi connectivity index (χ1) is 11.1. The number of hydrogen-bond acceptors (Lipinski definition) is 5. The van der Waals surface area contributed by atoms with Crippen LogP contribution in [0, 0.1) is 10.1 Å². The maximum absolute atomic E-state index is 10.9. The van der Waals surface area contributed by atoms with Gasteiger partial charge in [0.05, 0.1) is 21.7 Å². The van der Waals surface area contributed by atoms with Crippen molar-refractivity contribution in [3.05, 3.63) is 58.6 Å². The zero-order valence-corrected chi connectivity index (χ0v) is 12.6. The lowest BCUT2D eigenvalue weighted by molar-refractivity contribution is -0.384. The van der Waals surface area contributed by atoms with Crippen LogP contribution in [0.15, 0.2) is 53.7 Å². The van der Waals surface area contributed by atoms with Gasteiger partial charge in [-0.2, -0.15) is 0 Å². The van der Waals surface area contributed by atoms with Gasteiger partial charge in [0.15, 0.2) is 5.16 Å². The second kappa shape index (κ2) is 6.09. The largest absolute Gasteiger partial charge is 0.481 e. The van der Waals surface area contributed by atoms with Gasteiger partial charge in [0.2, 0.25) is 0 Å². The summed E-state index contributed by atoms with van der Waals surface area (Å²) >= 11 is 1.07. The summed E-state index contributed by atoms with van der Waals surface area (Å²) in [5.74, 6) is -1.09. The summed E-state index contributed by atoms with van der Waals surface area (Å²) in [6.07, 6.45) is 0. The Balaban J connectivity index is 2.18. The average molecular weight is 329 g/mol. The van der Waals surface area contributed by atoms with E-state index < -0.39 is 10.9 Å². The summed E-state index contributed by atoms with van der Waals surface area (Å²) in [4.78, 5) is 25.6. The van der Waals surface area contributed by atoms with Crippen LogP contribution in [0.25, 0.3) is 16.7 Å². The molecule has 0 saturated heterocycles. The van der Waals surface area contributed by atoms with Gasteiger partial charge in [0, 0.05) is 17.8 Å². The van der Waals surface area contributed by atoms with Crippen molar-refractivity contribution in [2.75, 3.05) is 5.75 Å². The van der Waals surface area contributed by atoms with E-state index in [0.29, 0.717) is 16.2 Å². The number of para-hydroxylation sites is 1. The highest BCUT2D eigenvalue weighted by Gasteiger charge is 2.17.